The summed E-state index contributed by atoms with van der Waals surface area (Å²) >= 11 is 1.44. The van der Waals surface area contributed by atoms with Gasteiger partial charge in [-0.3, -0.25) is 4.79 Å². The lowest BCUT2D eigenvalue weighted by Crippen LogP contribution is -2.44. The van der Waals surface area contributed by atoms with Crippen molar-refractivity contribution in [3.8, 4) is 5.75 Å². The molecule has 0 aliphatic carbocycles. The van der Waals surface area contributed by atoms with E-state index in [1.54, 1.807) is 18.2 Å². The summed E-state index contributed by atoms with van der Waals surface area (Å²) in [6.45, 7) is 1.81. The number of methoxy groups -OCH3 is 1. The van der Waals surface area contributed by atoms with Gasteiger partial charge >= 0.3 is 5.97 Å². The number of carboxylic acids is 1. The quantitative estimate of drug-likeness (QED) is 0.816. The lowest BCUT2D eigenvalue weighted by Gasteiger charge is -2.25. The maximum Gasteiger partial charge on any atom is 0.327 e. The molecule has 6 nitrogen and oxygen atoms in total. The molecule has 3 N–H and O–H groups in total. The molecular formula is C13H16N2O4S. The average molecular weight is 296 g/mol. The van der Waals surface area contributed by atoms with Crippen LogP contribution in [0.15, 0.2) is 18.2 Å². The number of amides is 1. The van der Waals surface area contributed by atoms with Gasteiger partial charge in [0, 0.05) is 17.5 Å². The minimum atomic E-state index is -0.998. The number of rotatable bonds is 3. The Morgan fingerprint density at radius 2 is 2.20 bits per heavy atom. The van der Waals surface area contributed by atoms with Crippen molar-refractivity contribution < 1.29 is 19.4 Å². The number of thioether (sulfide) groups is 1. The number of nitrogens with two attached hydrogens (primary N) is 1. The van der Waals surface area contributed by atoms with Crippen LogP contribution in [0.4, 0.5) is 5.69 Å². The van der Waals surface area contributed by atoms with E-state index in [1.807, 2.05) is 6.92 Å². The Morgan fingerprint density at radius 3 is 2.75 bits per heavy atom. The molecule has 1 aliphatic heterocycles. The molecule has 1 aliphatic rings. The highest BCUT2D eigenvalue weighted by atomic mass is 32.2. The van der Waals surface area contributed by atoms with E-state index in [-0.39, 0.29) is 17.0 Å². The van der Waals surface area contributed by atoms with Crippen molar-refractivity contribution in [2.75, 3.05) is 18.6 Å². The third kappa shape index (κ3) is 2.53. The van der Waals surface area contributed by atoms with Gasteiger partial charge in [0.1, 0.15) is 11.8 Å². The number of ether oxygens (including phenoxy) is 1. The van der Waals surface area contributed by atoms with E-state index in [0.717, 1.165) is 0 Å². The lowest BCUT2D eigenvalue weighted by molar-refractivity contribution is -0.141. The van der Waals surface area contributed by atoms with E-state index < -0.39 is 12.0 Å². The fourth-order valence-electron chi connectivity index (χ4n) is 2.14. The van der Waals surface area contributed by atoms with E-state index in [0.29, 0.717) is 17.1 Å². The van der Waals surface area contributed by atoms with E-state index in [1.165, 1.54) is 23.8 Å². The molecule has 1 saturated heterocycles. The largest absolute Gasteiger partial charge is 0.497 e. The fraction of sp³-hybridized carbons (Fsp3) is 0.385. The Balaban J connectivity index is 2.32. The van der Waals surface area contributed by atoms with Crippen molar-refractivity contribution in [2.45, 2.75) is 18.3 Å². The molecule has 0 radical (unpaired) electrons. The Labute approximate surface area is 120 Å². The molecule has 1 aromatic carbocycles. The van der Waals surface area contributed by atoms with Crippen LogP contribution in [0, 0.1) is 0 Å². The molecule has 7 heteroatoms. The molecule has 2 rings (SSSR count). The summed E-state index contributed by atoms with van der Waals surface area (Å²) < 4.78 is 5.03. The predicted octanol–water partition coefficient (Wildman–Crippen LogP) is 1.27. The zero-order valence-corrected chi connectivity index (χ0v) is 12.0. The molecular weight excluding hydrogens is 280 g/mol. The van der Waals surface area contributed by atoms with Crippen LogP contribution >= 0.6 is 11.8 Å². The number of carbonyl (C=O) groups excluding carboxylic acids is 1. The van der Waals surface area contributed by atoms with Crippen molar-refractivity contribution in [2.24, 2.45) is 0 Å². The van der Waals surface area contributed by atoms with Crippen LogP contribution in [0.25, 0.3) is 0 Å². The second-order valence-corrected chi connectivity index (χ2v) is 5.80. The van der Waals surface area contributed by atoms with Gasteiger partial charge in [-0.1, -0.05) is 0 Å². The van der Waals surface area contributed by atoms with Crippen LogP contribution in [0.2, 0.25) is 0 Å². The number of carbonyl (C=O) groups is 2. The molecule has 2 atom stereocenters. The SMILES string of the molecule is COc1ccc(C(=O)N2C(C)SCC2C(=O)O)c(N)c1. The monoisotopic (exact) mass is 296 g/mol. The zero-order valence-electron chi connectivity index (χ0n) is 11.2. The number of hydrogen-bond donors (Lipinski definition) is 2. The first kappa shape index (κ1) is 14.5. The highest BCUT2D eigenvalue weighted by Crippen LogP contribution is 2.32. The molecule has 0 spiro atoms. The lowest BCUT2D eigenvalue weighted by atomic mass is 10.1. The molecule has 20 heavy (non-hydrogen) atoms. The van der Waals surface area contributed by atoms with Crippen molar-refractivity contribution in [3.05, 3.63) is 23.8 Å². The van der Waals surface area contributed by atoms with Gasteiger partial charge in [0.05, 0.1) is 18.0 Å². The predicted molar refractivity (Wildman–Crippen MR) is 76.9 cm³/mol. The third-order valence-corrected chi connectivity index (χ3v) is 4.45. The van der Waals surface area contributed by atoms with Crippen molar-refractivity contribution in [3.63, 3.8) is 0 Å². The van der Waals surface area contributed by atoms with Gasteiger partial charge in [-0.25, -0.2) is 4.79 Å². The zero-order chi connectivity index (χ0) is 14.9. The topological polar surface area (TPSA) is 92.9 Å². The van der Waals surface area contributed by atoms with Crippen LogP contribution in [-0.2, 0) is 4.79 Å². The van der Waals surface area contributed by atoms with Gasteiger partial charge in [0.2, 0.25) is 0 Å². The van der Waals surface area contributed by atoms with Gasteiger partial charge in [0.15, 0.2) is 0 Å². The summed E-state index contributed by atoms with van der Waals surface area (Å²) in [6, 6.07) is 3.93. The number of aliphatic carboxylic acids is 1. The van der Waals surface area contributed by atoms with Gasteiger partial charge in [0.25, 0.3) is 5.91 Å². The summed E-state index contributed by atoms with van der Waals surface area (Å²) in [7, 11) is 1.51. The number of hydrogen-bond acceptors (Lipinski definition) is 5. The molecule has 2 unspecified atom stereocenters. The van der Waals surface area contributed by atoms with Crippen molar-refractivity contribution in [1.82, 2.24) is 4.90 Å². The van der Waals surface area contributed by atoms with Gasteiger partial charge < -0.3 is 20.5 Å². The maximum absolute atomic E-state index is 12.5. The number of nitrogens with zero attached hydrogens (tertiary/aromatic N) is 1. The minimum Gasteiger partial charge on any atom is -0.497 e. The fourth-order valence-corrected chi connectivity index (χ4v) is 3.31. The van der Waals surface area contributed by atoms with E-state index in [2.05, 4.69) is 0 Å². The minimum absolute atomic E-state index is 0.190. The molecule has 1 amide bonds. The third-order valence-electron chi connectivity index (χ3n) is 3.23. The summed E-state index contributed by atoms with van der Waals surface area (Å²) in [5.74, 6) is -0.423. The molecule has 0 aromatic heterocycles. The Hall–Kier alpha value is -1.89. The molecule has 108 valence electrons. The number of benzene rings is 1. The maximum atomic E-state index is 12.5. The van der Waals surface area contributed by atoms with E-state index in [4.69, 9.17) is 10.5 Å². The molecule has 0 saturated carbocycles. The smallest absolute Gasteiger partial charge is 0.327 e. The first-order chi connectivity index (χ1) is 9.45. The standard InChI is InChI=1S/C13H16N2O4S/c1-7-15(11(6-20-7)13(17)18)12(16)9-4-3-8(19-2)5-10(9)14/h3-5,7,11H,6,14H2,1-2H3,(H,17,18). The van der Waals surface area contributed by atoms with Gasteiger partial charge in [-0.15, -0.1) is 11.8 Å². The van der Waals surface area contributed by atoms with Crippen molar-refractivity contribution >= 4 is 29.3 Å². The first-order valence-electron chi connectivity index (χ1n) is 6.06. The second-order valence-electron chi connectivity index (χ2n) is 4.45. The normalized spacial score (nSPS) is 21.8. The Kier molecular flexibility index (Phi) is 4.08. The number of nitrogen functional groups attached to an aromatic ring is 1. The Bertz CT molecular complexity index is 549. The van der Waals surface area contributed by atoms with Crippen LogP contribution in [0.1, 0.15) is 17.3 Å². The van der Waals surface area contributed by atoms with Gasteiger partial charge in [-0.05, 0) is 19.1 Å². The number of anilines is 1. The van der Waals surface area contributed by atoms with E-state index >= 15 is 0 Å². The van der Waals surface area contributed by atoms with E-state index in [9.17, 15) is 14.7 Å². The second kappa shape index (κ2) is 5.62. The molecule has 1 fully saturated rings. The van der Waals surface area contributed by atoms with Crippen molar-refractivity contribution in [1.29, 1.82) is 0 Å². The van der Waals surface area contributed by atoms with Crippen LogP contribution in [0.5, 0.6) is 5.75 Å². The van der Waals surface area contributed by atoms with Gasteiger partial charge in [-0.2, -0.15) is 0 Å². The summed E-state index contributed by atoms with van der Waals surface area (Å²) in [5, 5.41) is 9.00. The summed E-state index contributed by atoms with van der Waals surface area (Å²) in [5.41, 5.74) is 6.43. The highest BCUT2D eigenvalue weighted by molar-refractivity contribution is 8.00. The van der Waals surface area contributed by atoms with Crippen LogP contribution in [-0.4, -0.2) is 46.2 Å². The van der Waals surface area contributed by atoms with Crippen LogP contribution in [0.3, 0.4) is 0 Å². The molecule has 1 aromatic rings. The average Bonchev–Trinajstić information content (AvgIpc) is 2.79. The molecule has 1 heterocycles. The summed E-state index contributed by atoms with van der Waals surface area (Å²) in [4.78, 5) is 25.1. The number of carboxylic acid groups (broad SMARTS) is 1. The Morgan fingerprint density at radius 1 is 1.50 bits per heavy atom. The summed E-state index contributed by atoms with van der Waals surface area (Å²) in [6.07, 6.45) is 0. The highest BCUT2D eigenvalue weighted by Gasteiger charge is 2.40. The molecule has 0 bridgehead atoms. The van der Waals surface area contributed by atoms with Crippen LogP contribution < -0.4 is 10.5 Å². The first-order valence-corrected chi connectivity index (χ1v) is 7.11.